The van der Waals surface area contributed by atoms with Crippen LogP contribution in [0.2, 0.25) is 0 Å². The molecule has 25 heavy (non-hydrogen) atoms. The third-order valence-electron chi connectivity index (χ3n) is 3.95. The summed E-state index contributed by atoms with van der Waals surface area (Å²) < 4.78 is 12.6. The van der Waals surface area contributed by atoms with Crippen LogP contribution in [0.3, 0.4) is 0 Å². The van der Waals surface area contributed by atoms with Gasteiger partial charge in [0.05, 0.1) is 5.56 Å². The van der Waals surface area contributed by atoms with Gasteiger partial charge in [-0.1, -0.05) is 25.1 Å². The lowest BCUT2D eigenvalue weighted by atomic mass is 10.2. The van der Waals surface area contributed by atoms with Crippen LogP contribution < -0.4 is 5.32 Å². The lowest BCUT2D eigenvalue weighted by Crippen LogP contribution is -2.28. The van der Waals surface area contributed by atoms with Crippen LogP contribution >= 0.6 is 0 Å². The molecule has 1 amide bonds. The van der Waals surface area contributed by atoms with Crippen molar-refractivity contribution in [2.75, 3.05) is 20.3 Å². The molecule has 3 aromatic rings. The van der Waals surface area contributed by atoms with E-state index in [4.69, 9.17) is 9.15 Å². The second-order valence-corrected chi connectivity index (χ2v) is 5.74. The Morgan fingerprint density at radius 3 is 2.92 bits per heavy atom. The van der Waals surface area contributed by atoms with Gasteiger partial charge in [-0.15, -0.1) is 10.2 Å². The predicted molar refractivity (Wildman–Crippen MR) is 94.1 cm³/mol. The number of nitrogens with one attached hydrogen (secondary N) is 1. The van der Waals surface area contributed by atoms with Crippen LogP contribution in [-0.2, 0) is 22.5 Å². The minimum absolute atomic E-state index is 0.0387. The number of aromatic nitrogens is 3. The number of amides is 1. The number of fused-ring (bicyclic) bond motifs is 1. The molecular weight excluding hydrogens is 320 g/mol. The molecule has 0 spiro atoms. The van der Waals surface area contributed by atoms with Gasteiger partial charge >= 0.3 is 0 Å². The van der Waals surface area contributed by atoms with Crippen molar-refractivity contribution in [3.63, 3.8) is 0 Å². The average molecular weight is 342 g/mol. The standard InChI is InChI=1S/C18H22N4O3/c1-3-17-20-21-18(25-17)14-11-22(15-8-5-4-7-13(14)15)12-16(23)19-9-6-10-24-2/h4-5,7-8,11H,3,6,9-10,12H2,1-2H3,(H,19,23). The number of rotatable bonds is 8. The monoisotopic (exact) mass is 342 g/mol. The molecule has 0 atom stereocenters. The Labute approximate surface area is 146 Å². The molecule has 1 aromatic carbocycles. The van der Waals surface area contributed by atoms with Crippen molar-refractivity contribution in [2.24, 2.45) is 0 Å². The number of nitrogens with zero attached hydrogens (tertiary/aromatic N) is 3. The van der Waals surface area contributed by atoms with Crippen molar-refractivity contribution in [1.82, 2.24) is 20.1 Å². The number of para-hydroxylation sites is 1. The lowest BCUT2D eigenvalue weighted by Gasteiger charge is -2.07. The first-order valence-corrected chi connectivity index (χ1v) is 8.39. The van der Waals surface area contributed by atoms with E-state index in [0.717, 1.165) is 22.9 Å². The van der Waals surface area contributed by atoms with Gasteiger partial charge in [0.25, 0.3) is 0 Å². The first-order valence-electron chi connectivity index (χ1n) is 8.39. The quantitative estimate of drug-likeness (QED) is 0.636. The maximum atomic E-state index is 12.2. The first-order chi connectivity index (χ1) is 12.2. The van der Waals surface area contributed by atoms with Gasteiger partial charge < -0.3 is 19.0 Å². The number of aryl methyl sites for hydroxylation is 1. The molecular formula is C18H22N4O3. The molecule has 0 saturated carbocycles. The van der Waals surface area contributed by atoms with Gasteiger partial charge in [-0.3, -0.25) is 4.79 Å². The Morgan fingerprint density at radius 1 is 1.32 bits per heavy atom. The molecule has 2 heterocycles. The number of carbonyl (C=O) groups is 1. The number of methoxy groups -OCH3 is 1. The summed E-state index contributed by atoms with van der Waals surface area (Å²) in [6, 6.07) is 7.88. The Balaban J connectivity index is 1.83. The van der Waals surface area contributed by atoms with E-state index in [9.17, 15) is 4.79 Å². The molecule has 1 N–H and O–H groups in total. The minimum Gasteiger partial charge on any atom is -0.421 e. The highest BCUT2D eigenvalue weighted by molar-refractivity contribution is 5.94. The Kier molecular flexibility index (Phi) is 5.45. The molecule has 0 radical (unpaired) electrons. The molecule has 3 rings (SSSR count). The highest BCUT2D eigenvalue weighted by Gasteiger charge is 2.16. The number of carbonyl (C=O) groups excluding carboxylic acids is 1. The summed E-state index contributed by atoms with van der Waals surface area (Å²) >= 11 is 0. The van der Waals surface area contributed by atoms with Gasteiger partial charge in [0.1, 0.15) is 6.54 Å². The van der Waals surface area contributed by atoms with Crippen LogP contribution in [0, 0.1) is 0 Å². The number of hydrogen-bond acceptors (Lipinski definition) is 5. The third kappa shape index (κ3) is 3.88. The molecule has 0 aliphatic carbocycles. The van der Waals surface area contributed by atoms with Crippen LogP contribution in [0.15, 0.2) is 34.9 Å². The molecule has 0 fully saturated rings. The summed E-state index contributed by atoms with van der Waals surface area (Å²) in [6.07, 6.45) is 3.38. The zero-order valence-electron chi connectivity index (χ0n) is 14.5. The van der Waals surface area contributed by atoms with E-state index in [0.29, 0.717) is 31.4 Å². The van der Waals surface area contributed by atoms with Gasteiger partial charge in [-0.2, -0.15) is 0 Å². The molecule has 0 saturated heterocycles. The van der Waals surface area contributed by atoms with Crippen LogP contribution in [0.5, 0.6) is 0 Å². The second kappa shape index (κ2) is 7.94. The maximum Gasteiger partial charge on any atom is 0.249 e. The van der Waals surface area contributed by atoms with Crippen molar-refractivity contribution in [1.29, 1.82) is 0 Å². The zero-order chi connectivity index (χ0) is 17.6. The van der Waals surface area contributed by atoms with E-state index in [2.05, 4.69) is 15.5 Å². The van der Waals surface area contributed by atoms with Gasteiger partial charge in [-0.05, 0) is 12.5 Å². The zero-order valence-corrected chi connectivity index (χ0v) is 14.5. The maximum absolute atomic E-state index is 12.2. The fourth-order valence-electron chi connectivity index (χ4n) is 2.71. The summed E-state index contributed by atoms with van der Waals surface area (Å²) in [4.78, 5) is 12.2. The van der Waals surface area contributed by atoms with Crippen molar-refractivity contribution in [2.45, 2.75) is 26.3 Å². The van der Waals surface area contributed by atoms with Crippen molar-refractivity contribution in [3.05, 3.63) is 36.4 Å². The molecule has 0 unspecified atom stereocenters. The fourth-order valence-corrected chi connectivity index (χ4v) is 2.71. The van der Waals surface area contributed by atoms with Crippen molar-refractivity contribution < 1.29 is 13.9 Å². The Bertz CT molecular complexity index is 853. The van der Waals surface area contributed by atoms with E-state index in [1.54, 1.807) is 7.11 Å². The fraction of sp³-hybridized carbons (Fsp3) is 0.389. The summed E-state index contributed by atoms with van der Waals surface area (Å²) in [7, 11) is 1.65. The average Bonchev–Trinajstić information content (AvgIpc) is 3.24. The van der Waals surface area contributed by atoms with Crippen LogP contribution in [0.1, 0.15) is 19.2 Å². The smallest absolute Gasteiger partial charge is 0.249 e. The van der Waals surface area contributed by atoms with E-state index >= 15 is 0 Å². The molecule has 0 bridgehead atoms. The van der Waals surface area contributed by atoms with Crippen molar-refractivity contribution >= 4 is 16.8 Å². The summed E-state index contributed by atoms with van der Waals surface area (Å²) in [6.45, 7) is 3.44. The van der Waals surface area contributed by atoms with Crippen LogP contribution in [0.4, 0.5) is 0 Å². The predicted octanol–water partition coefficient (Wildman–Crippen LogP) is 2.41. The van der Waals surface area contributed by atoms with Gasteiger partial charge in [0.15, 0.2) is 0 Å². The van der Waals surface area contributed by atoms with E-state index in [-0.39, 0.29) is 12.5 Å². The molecule has 0 aliphatic rings. The second-order valence-electron chi connectivity index (χ2n) is 5.74. The minimum atomic E-state index is -0.0387. The van der Waals surface area contributed by atoms with E-state index in [1.807, 2.05) is 42.0 Å². The topological polar surface area (TPSA) is 82.2 Å². The van der Waals surface area contributed by atoms with E-state index < -0.39 is 0 Å². The summed E-state index contributed by atoms with van der Waals surface area (Å²) in [5, 5.41) is 12.0. The summed E-state index contributed by atoms with van der Waals surface area (Å²) in [5.41, 5.74) is 1.80. The summed E-state index contributed by atoms with van der Waals surface area (Å²) in [5.74, 6) is 1.04. The molecule has 7 nitrogen and oxygen atoms in total. The molecule has 132 valence electrons. The molecule has 2 aromatic heterocycles. The van der Waals surface area contributed by atoms with Crippen molar-refractivity contribution in [3.8, 4) is 11.5 Å². The number of hydrogen-bond donors (Lipinski definition) is 1. The van der Waals surface area contributed by atoms with Gasteiger partial charge in [0, 0.05) is 43.8 Å². The first kappa shape index (κ1) is 17.2. The van der Waals surface area contributed by atoms with Gasteiger partial charge in [0.2, 0.25) is 17.7 Å². The lowest BCUT2D eigenvalue weighted by molar-refractivity contribution is -0.121. The van der Waals surface area contributed by atoms with Crippen LogP contribution in [0.25, 0.3) is 22.4 Å². The van der Waals surface area contributed by atoms with E-state index in [1.165, 1.54) is 0 Å². The highest BCUT2D eigenvalue weighted by atomic mass is 16.5. The van der Waals surface area contributed by atoms with Crippen LogP contribution in [-0.4, -0.2) is 40.9 Å². The molecule has 7 heteroatoms. The number of ether oxygens (including phenoxy) is 1. The van der Waals surface area contributed by atoms with Gasteiger partial charge in [-0.25, -0.2) is 0 Å². The largest absolute Gasteiger partial charge is 0.421 e. The SMILES string of the molecule is CCc1nnc(-c2cn(CC(=O)NCCCOC)c3ccccc23)o1. The number of benzene rings is 1. The Hall–Kier alpha value is -2.67. The molecule has 0 aliphatic heterocycles. The normalized spacial score (nSPS) is 11.1. The highest BCUT2D eigenvalue weighted by Crippen LogP contribution is 2.29. The Morgan fingerprint density at radius 2 is 2.16 bits per heavy atom. The third-order valence-corrected chi connectivity index (χ3v) is 3.95.